The molecular weight excluding hydrogens is 278 g/mol. The van der Waals surface area contributed by atoms with Crippen LogP contribution in [0, 0.1) is 5.41 Å². The van der Waals surface area contributed by atoms with E-state index < -0.39 is 11.3 Å². The van der Waals surface area contributed by atoms with Crippen molar-refractivity contribution >= 4 is 23.2 Å². The normalized spacial score (nSPS) is 13.2. The lowest BCUT2D eigenvalue weighted by molar-refractivity contribution is -0.117. The molecule has 1 aromatic carbocycles. The monoisotopic (exact) mass is 295 g/mol. The van der Waals surface area contributed by atoms with E-state index in [4.69, 9.17) is 11.6 Å². The second kappa shape index (κ2) is 6.52. The van der Waals surface area contributed by atoms with Crippen LogP contribution in [0.25, 0.3) is 0 Å². The van der Waals surface area contributed by atoms with Crippen LogP contribution in [-0.2, 0) is 4.79 Å². The Hall–Kier alpha value is -1.88. The van der Waals surface area contributed by atoms with E-state index in [9.17, 15) is 9.90 Å². The van der Waals surface area contributed by atoms with Crippen molar-refractivity contribution in [2.24, 2.45) is 15.6 Å². The van der Waals surface area contributed by atoms with E-state index in [0.29, 0.717) is 10.7 Å². The molecule has 20 heavy (non-hydrogen) atoms. The molecule has 1 rings (SSSR count). The highest BCUT2D eigenvalue weighted by atomic mass is 35.5. The van der Waals surface area contributed by atoms with Gasteiger partial charge < -0.3 is 10.4 Å². The highest BCUT2D eigenvalue weighted by molar-refractivity contribution is 6.30. The minimum absolute atomic E-state index is 0.102. The predicted octanol–water partition coefficient (Wildman–Crippen LogP) is 3.99. The molecule has 108 valence electrons. The van der Waals surface area contributed by atoms with Crippen molar-refractivity contribution in [2.75, 3.05) is 7.05 Å². The minimum atomic E-state index is -0.596. The zero-order valence-corrected chi connectivity index (χ0v) is 12.7. The molecule has 6 heteroatoms. The lowest BCUT2D eigenvalue weighted by atomic mass is 9.92. The maximum Gasteiger partial charge on any atom is 0.275 e. The number of nitrogens with zero attached hydrogens (tertiary/aromatic N) is 2. The summed E-state index contributed by atoms with van der Waals surface area (Å²) in [6.07, 6.45) is 0. The Morgan fingerprint density at radius 3 is 2.25 bits per heavy atom. The standard InChI is InChI=1S/C14H18ClN3O2/c1-14(2,3)12(19)11(13(20)16-4)18-17-10-7-5-9(15)6-8-10/h5-8,19H,1-4H3,(H,16,20)/b12-11+,18-17?. The summed E-state index contributed by atoms with van der Waals surface area (Å²) < 4.78 is 0. The van der Waals surface area contributed by atoms with Gasteiger partial charge >= 0.3 is 0 Å². The Balaban J connectivity index is 3.15. The van der Waals surface area contributed by atoms with E-state index in [1.165, 1.54) is 7.05 Å². The van der Waals surface area contributed by atoms with E-state index in [1.54, 1.807) is 45.0 Å². The number of aliphatic hydroxyl groups excluding tert-OH is 1. The highest BCUT2D eigenvalue weighted by Gasteiger charge is 2.24. The van der Waals surface area contributed by atoms with E-state index in [2.05, 4.69) is 15.5 Å². The molecule has 5 nitrogen and oxygen atoms in total. The maximum absolute atomic E-state index is 11.8. The van der Waals surface area contributed by atoms with Crippen LogP contribution in [0.15, 0.2) is 46.0 Å². The van der Waals surface area contributed by atoms with Crippen LogP contribution in [-0.4, -0.2) is 18.1 Å². The summed E-state index contributed by atoms with van der Waals surface area (Å²) in [6.45, 7) is 5.34. The number of hydrogen-bond acceptors (Lipinski definition) is 4. The molecule has 0 spiro atoms. The molecule has 1 amide bonds. The fourth-order valence-electron chi connectivity index (χ4n) is 1.29. The number of carbonyl (C=O) groups is 1. The van der Waals surface area contributed by atoms with E-state index >= 15 is 0 Å². The second-order valence-corrected chi connectivity index (χ2v) is 5.64. The number of carbonyl (C=O) groups excluding carboxylic acids is 1. The van der Waals surface area contributed by atoms with Gasteiger partial charge in [-0.1, -0.05) is 32.4 Å². The lowest BCUT2D eigenvalue weighted by Gasteiger charge is -2.18. The third-order valence-electron chi connectivity index (χ3n) is 2.47. The number of nitrogens with one attached hydrogen (secondary N) is 1. The average Bonchev–Trinajstić information content (AvgIpc) is 2.39. The number of likely N-dealkylation sites (N-methyl/N-ethyl adjacent to an activating group) is 1. The van der Waals surface area contributed by atoms with Crippen molar-refractivity contribution in [3.63, 3.8) is 0 Å². The molecule has 0 bridgehead atoms. The summed E-state index contributed by atoms with van der Waals surface area (Å²) in [6, 6.07) is 6.68. The van der Waals surface area contributed by atoms with Gasteiger partial charge in [0.15, 0.2) is 5.70 Å². The first-order valence-corrected chi connectivity index (χ1v) is 6.46. The fraction of sp³-hybridized carbons (Fsp3) is 0.357. The van der Waals surface area contributed by atoms with Crippen LogP contribution in [0.2, 0.25) is 5.02 Å². The van der Waals surface area contributed by atoms with Crippen LogP contribution in [0.5, 0.6) is 0 Å². The van der Waals surface area contributed by atoms with Gasteiger partial charge in [0, 0.05) is 17.5 Å². The largest absolute Gasteiger partial charge is 0.509 e. The molecule has 0 fully saturated rings. The van der Waals surface area contributed by atoms with Crippen molar-refractivity contribution in [2.45, 2.75) is 20.8 Å². The number of hydrogen-bond donors (Lipinski definition) is 2. The molecule has 0 atom stereocenters. The molecule has 0 saturated carbocycles. The summed E-state index contributed by atoms with van der Waals surface area (Å²) >= 11 is 5.77. The van der Waals surface area contributed by atoms with Crippen molar-refractivity contribution in [1.82, 2.24) is 5.32 Å². The van der Waals surface area contributed by atoms with E-state index in [-0.39, 0.29) is 11.5 Å². The van der Waals surface area contributed by atoms with Crippen molar-refractivity contribution in [3.05, 3.63) is 40.7 Å². The molecule has 0 aromatic heterocycles. The van der Waals surface area contributed by atoms with Gasteiger partial charge in [0.1, 0.15) is 5.76 Å². The molecule has 2 N–H and O–H groups in total. The van der Waals surface area contributed by atoms with Crippen LogP contribution in [0.4, 0.5) is 5.69 Å². The van der Waals surface area contributed by atoms with Gasteiger partial charge in [0.05, 0.1) is 5.69 Å². The Labute approximate surface area is 123 Å². The number of azo groups is 1. The smallest absolute Gasteiger partial charge is 0.275 e. The second-order valence-electron chi connectivity index (χ2n) is 5.20. The van der Waals surface area contributed by atoms with Gasteiger partial charge in [0.25, 0.3) is 5.91 Å². The summed E-state index contributed by atoms with van der Waals surface area (Å²) in [5.74, 6) is -0.607. The van der Waals surface area contributed by atoms with Crippen molar-refractivity contribution in [1.29, 1.82) is 0 Å². The zero-order valence-electron chi connectivity index (χ0n) is 11.9. The van der Waals surface area contributed by atoms with Crippen molar-refractivity contribution in [3.8, 4) is 0 Å². The van der Waals surface area contributed by atoms with Gasteiger partial charge in [0.2, 0.25) is 0 Å². The van der Waals surface area contributed by atoms with Crippen LogP contribution >= 0.6 is 11.6 Å². The Morgan fingerprint density at radius 1 is 1.25 bits per heavy atom. The van der Waals surface area contributed by atoms with Gasteiger partial charge in [-0.3, -0.25) is 4.79 Å². The summed E-state index contributed by atoms with van der Waals surface area (Å²) in [5, 5.41) is 20.9. The van der Waals surface area contributed by atoms with Gasteiger partial charge in [-0.05, 0) is 24.3 Å². The summed E-state index contributed by atoms with van der Waals surface area (Å²) in [4.78, 5) is 11.8. The number of amides is 1. The molecular formula is C14H18ClN3O2. The molecule has 0 unspecified atom stereocenters. The van der Waals surface area contributed by atoms with Gasteiger partial charge in [-0.25, -0.2) is 0 Å². The SMILES string of the molecule is CNC(=O)/C(N=Nc1ccc(Cl)cc1)=C(\O)C(C)(C)C. The first-order valence-electron chi connectivity index (χ1n) is 6.09. The Bertz CT molecular complexity index is 543. The molecule has 0 aliphatic heterocycles. The number of rotatable bonds is 3. The third-order valence-corrected chi connectivity index (χ3v) is 2.72. The Kier molecular flexibility index (Phi) is 5.27. The molecule has 0 aliphatic carbocycles. The zero-order chi connectivity index (χ0) is 15.3. The molecule has 0 aliphatic rings. The lowest BCUT2D eigenvalue weighted by Crippen LogP contribution is -2.23. The number of allylic oxidation sites excluding steroid dienone is 1. The predicted molar refractivity (Wildman–Crippen MR) is 79.1 cm³/mol. The van der Waals surface area contributed by atoms with Crippen LogP contribution < -0.4 is 5.32 Å². The maximum atomic E-state index is 11.8. The van der Waals surface area contributed by atoms with E-state index in [0.717, 1.165) is 0 Å². The number of halogens is 1. The average molecular weight is 296 g/mol. The molecule has 0 saturated heterocycles. The van der Waals surface area contributed by atoms with Crippen molar-refractivity contribution < 1.29 is 9.90 Å². The van der Waals surface area contributed by atoms with Gasteiger partial charge in [-0.15, -0.1) is 5.11 Å². The first-order chi connectivity index (χ1) is 9.25. The fourth-order valence-corrected chi connectivity index (χ4v) is 1.42. The number of aliphatic hydroxyl groups is 1. The van der Waals surface area contributed by atoms with E-state index in [1.807, 2.05) is 0 Å². The first kappa shape index (κ1) is 16.2. The van der Waals surface area contributed by atoms with Crippen LogP contribution in [0.1, 0.15) is 20.8 Å². The topological polar surface area (TPSA) is 74.0 Å². The molecule has 0 radical (unpaired) electrons. The summed E-state index contributed by atoms with van der Waals surface area (Å²) in [5.41, 5.74) is -0.159. The third kappa shape index (κ3) is 4.35. The number of benzene rings is 1. The Morgan fingerprint density at radius 2 is 1.80 bits per heavy atom. The summed E-state index contributed by atoms with van der Waals surface area (Å²) in [7, 11) is 1.47. The van der Waals surface area contributed by atoms with Gasteiger partial charge in [-0.2, -0.15) is 5.11 Å². The van der Waals surface area contributed by atoms with Crippen LogP contribution in [0.3, 0.4) is 0 Å². The quantitative estimate of drug-likeness (QED) is 0.503. The molecule has 1 aromatic rings. The highest BCUT2D eigenvalue weighted by Crippen LogP contribution is 2.27. The minimum Gasteiger partial charge on any atom is -0.509 e. The molecule has 0 heterocycles.